The standard InChI is InChI=1S/C8H12O2S/c1-8(2,3)7-5(9)4-6(10)11-7/h4,7,9H,1-3H3. The lowest BCUT2D eigenvalue weighted by atomic mass is 9.90. The number of aliphatic hydroxyl groups excluding tert-OH is 1. The van der Waals surface area contributed by atoms with Crippen molar-refractivity contribution in [2.24, 2.45) is 5.41 Å². The molecule has 0 aromatic rings. The van der Waals surface area contributed by atoms with E-state index in [2.05, 4.69) is 0 Å². The first-order chi connectivity index (χ1) is 4.91. The van der Waals surface area contributed by atoms with Gasteiger partial charge in [0, 0.05) is 6.08 Å². The Morgan fingerprint density at radius 1 is 1.55 bits per heavy atom. The summed E-state index contributed by atoms with van der Waals surface area (Å²) in [4.78, 5) is 10.8. The van der Waals surface area contributed by atoms with Gasteiger partial charge in [0.05, 0.1) is 5.25 Å². The van der Waals surface area contributed by atoms with E-state index in [1.807, 2.05) is 20.8 Å². The van der Waals surface area contributed by atoms with Gasteiger partial charge >= 0.3 is 0 Å². The van der Waals surface area contributed by atoms with Crippen LogP contribution in [-0.2, 0) is 4.79 Å². The van der Waals surface area contributed by atoms with Crippen LogP contribution >= 0.6 is 11.8 Å². The van der Waals surface area contributed by atoms with Gasteiger partial charge in [-0.25, -0.2) is 0 Å². The normalized spacial score (nSPS) is 25.5. The number of thioether (sulfide) groups is 1. The van der Waals surface area contributed by atoms with E-state index in [0.717, 1.165) is 0 Å². The summed E-state index contributed by atoms with van der Waals surface area (Å²) in [6.07, 6.45) is 1.31. The minimum atomic E-state index is -0.0602. The molecule has 1 aliphatic heterocycles. The number of aliphatic hydroxyl groups is 1. The fourth-order valence-electron chi connectivity index (χ4n) is 1.03. The zero-order chi connectivity index (χ0) is 8.65. The summed E-state index contributed by atoms with van der Waals surface area (Å²) >= 11 is 1.20. The van der Waals surface area contributed by atoms with Crippen molar-refractivity contribution in [3.8, 4) is 0 Å². The molecule has 0 aliphatic carbocycles. The number of carbonyl (C=O) groups excluding carboxylic acids is 1. The minimum Gasteiger partial charge on any atom is -0.511 e. The summed E-state index contributed by atoms with van der Waals surface area (Å²) in [7, 11) is 0. The number of hydrogen-bond acceptors (Lipinski definition) is 3. The average Bonchev–Trinajstić information content (AvgIpc) is 2.08. The fraction of sp³-hybridized carbons (Fsp3) is 0.625. The van der Waals surface area contributed by atoms with Crippen LogP contribution in [0.2, 0.25) is 0 Å². The molecule has 0 fully saturated rings. The highest BCUT2D eigenvalue weighted by Gasteiger charge is 2.35. The second kappa shape index (κ2) is 2.55. The van der Waals surface area contributed by atoms with Crippen molar-refractivity contribution in [2.45, 2.75) is 26.0 Å². The van der Waals surface area contributed by atoms with Crippen LogP contribution in [0.5, 0.6) is 0 Å². The molecule has 1 heterocycles. The predicted octanol–water partition coefficient (Wildman–Crippen LogP) is 2.12. The summed E-state index contributed by atoms with van der Waals surface area (Å²) in [6, 6.07) is 0. The highest BCUT2D eigenvalue weighted by Crippen LogP contribution is 2.39. The van der Waals surface area contributed by atoms with Crippen molar-refractivity contribution in [2.75, 3.05) is 0 Å². The molecule has 0 aromatic heterocycles. The molecule has 0 aromatic carbocycles. The minimum absolute atomic E-state index is 0.0394. The molecule has 1 atom stereocenters. The van der Waals surface area contributed by atoms with E-state index >= 15 is 0 Å². The third kappa shape index (κ3) is 1.77. The van der Waals surface area contributed by atoms with Gasteiger partial charge in [-0.2, -0.15) is 0 Å². The number of rotatable bonds is 0. The predicted molar refractivity (Wildman–Crippen MR) is 46.6 cm³/mol. The molecule has 1 rings (SSSR count). The number of hydrogen-bond donors (Lipinski definition) is 1. The van der Waals surface area contributed by atoms with Crippen LogP contribution in [0.15, 0.2) is 11.8 Å². The van der Waals surface area contributed by atoms with E-state index in [0.29, 0.717) is 0 Å². The molecule has 1 N–H and O–H groups in total. The van der Waals surface area contributed by atoms with Crippen LogP contribution in [0.3, 0.4) is 0 Å². The Balaban J connectivity index is 2.80. The lowest BCUT2D eigenvalue weighted by Crippen LogP contribution is -2.23. The topological polar surface area (TPSA) is 37.3 Å². The van der Waals surface area contributed by atoms with Gasteiger partial charge in [0.15, 0.2) is 0 Å². The molecule has 11 heavy (non-hydrogen) atoms. The van der Waals surface area contributed by atoms with Crippen LogP contribution in [0.25, 0.3) is 0 Å². The Labute approximate surface area is 70.7 Å². The highest BCUT2D eigenvalue weighted by molar-refractivity contribution is 8.15. The SMILES string of the molecule is CC(C)(C)C1SC(=O)C=C1O. The van der Waals surface area contributed by atoms with Crippen molar-refractivity contribution < 1.29 is 9.90 Å². The molecule has 2 nitrogen and oxygen atoms in total. The van der Waals surface area contributed by atoms with E-state index in [-0.39, 0.29) is 21.5 Å². The Hall–Kier alpha value is -0.440. The number of carbonyl (C=O) groups is 1. The lowest BCUT2D eigenvalue weighted by Gasteiger charge is -2.25. The molecular weight excluding hydrogens is 160 g/mol. The smallest absolute Gasteiger partial charge is 0.216 e. The van der Waals surface area contributed by atoms with Gasteiger partial charge in [-0.1, -0.05) is 32.5 Å². The van der Waals surface area contributed by atoms with Gasteiger partial charge in [-0.05, 0) is 5.41 Å². The fourth-order valence-corrected chi connectivity index (χ4v) is 1.99. The first kappa shape index (κ1) is 8.65. The summed E-state index contributed by atoms with van der Waals surface area (Å²) in [5.41, 5.74) is -0.0442. The quantitative estimate of drug-likeness (QED) is 0.608. The summed E-state index contributed by atoms with van der Waals surface area (Å²) in [5, 5.41) is 9.21. The maximum absolute atomic E-state index is 10.8. The van der Waals surface area contributed by atoms with E-state index in [1.54, 1.807) is 0 Å². The molecule has 1 aliphatic rings. The summed E-state index contributed by atoms with van der Waals surface area (Å²) in [6.45, 7) is 6.02. The Morgan fingerprint density at radius 3 is 2.27 bits per heavy atom. The molecule has 0 bridgehead atoms. The van der Waals surface area contributed by atoms with Gasteiger partial charge in [0.1, 0.15) is 5.76 Å². The maximum atomic E-state index is 10.8. The molecule has 3 heteroatoms. The largest absolute Gasteiger partial charge is 0.511 e. The van der Waals surface area contributed by atoms with Crippen LogP contribution in [0.1, 0.15) is 20.8 Å². The van der Waals surface area contributed by atoms with Crippen molar-refractivity contribution in [1.29, 1.82) is 0 Å². The molecule has 0 spiro atoms. The zero-order valence-electron chi connectivity index (χ0n) is 6.92. The van der Waals surface area contributed by atoms with Gasteiger partial charge < -0.3 is 5.11 Å². The molecule has 1 unspecified atom stereocenters. The molecule has 0 saturated carbocycles. The molecule has 0 radical (unpaired) electrons. The zero-order valence-corrected chi connectivity index (χ0v) is 7.73. The van der Waals surface area contributed by atoms with Gasteiger partial charge in [-0.15, -0.1) is 0 Å². The van der Waals surface area contributed by atoms with Crippen molar-refractivity contribution >= 4 is 16.9 Å². The second-order valence-electron chi connectivity index (χ2n) is 3.75. The van der Waals surface area contributed by atoms with Crippen LogP contribution < -0.4 is 0 Å². The molecular formula is C8H12O2S. The molecule has 0 saturated heterocycles. The molecule has 62 valence electrons. The summed E-state index contributed by atoms with van der Waals surface area (Å²) in [5.74, 6) is 0.215. The van der Waals surface area contributed by atoms with Gasteiger partial charge in [0.25, 0.3) is 0 Å². The third-order valence-corrected chi connectivity index (χ3v) is 3.09. The highest BCUT2D eigenvalue weighted by atomic mass is 32.2. The first-order valence-electron chi connectivity index (χ1n) is 3.52. The van der Waals surface area contributed by atoms with Crippen molar-refractivity contribution in [3.05, 3.63) is 11.8 Å². The lowest BCUT2D eigenvalue weighted by molar-refractivity contribution is -0.106. The van der Waals surface area contributed by atoms with E-state index in [1.165, 1.54) is 17.8 Å². The van der Waals surface area contributed by atoms with Crippen LogP contribution in [0, 0.1) is 5.41 Å². The maximum Gasteiger partial charge on any atom is 0.216 e. The van der Waals surface area contributed by atoms with E-state index in [9.17, 15) is 9.90 Å². The van der Waals surface area contributed by atoms with Crippen LogP contribution in [0.4, 0.5) is 0 Å². The Morgan fingerprint density at radius 2 is 2.09 bits per heavy atom. The second-order valence-corrected chi connectivity index (χ2v) is 4.86. The van der Waals surface area contributed by atoms with Gasteiger partial charge in [0.2, 0.25) is 5.12 Å². The monoisotopic (exact) mass is 172 g/mol. The van der Waals surface area contributed by atoms with Crippen molar-refractivity contribution in [3.63, 3.8) is 0 Å². The average molecular weight is 172 g/mol. The molecule has 0 amide bonds. The van der Waals surface area contributed by atoms with Crippen LogP contribution in [-0.4, -0.2) is 15.5 Å². The van der Waals surface area contributed by atoms with Crippen molar-refractivity contribution in [1.82, 2.24) is 0 Å². The van der Waals surface area contributed by atoms with E-state index in [4.69, 9.17) is 0 Å². The van der Waals surface area contributed by atoms with E-state index < -0.39 is 0 Å². The first-order valence-corrected chi connectivity index (χ1v) is 4.40. The Kier molecular flexibility index (Phi) is 2.01. The van der Waals surface area contributed by atoms with Gasteiger partial charge in [-0.3, -0.25) is 4.79 Å². The summed E-state index contributed by atoms with van der Waals surface area (Å²) < 4.78 is 0. The Bertz CT molecular complexity index is 213. The third-order valence-electron chi connectivity index (χ3n) is 1.55.